The molecule has 0 bridgehead atoms. The second-order valence-corrected chi connectivity index (χ2v) is 1.75. The van der Waals surface area contributed by atoms with Crippen LogP contribution in [0.3, 0.4) is 0 Å². The molecule has 1 aliphatic carbocycles. The van der Waals surface area contributed by atoms with Gasteiger partial charge in [-0.15, -0.1) is 0 Å². The molecule has 1 radical (unpaired) electrons. The van der Waals surface area contributed by atoms with E-state index in [1.807, 2.05) is 0 Å². The predicted molar refractivity (Wildman–Crippen MR) is 29.5 cm³/mol. The third kappa shape index (κ3) is 0.819. The van der Waals surface area contributed by atoms with Crippen molar-refractivity contribution in [1.29, 1.82) is 0 Å². The van der Waals surface area contributed by atoms with Crippen molar-refractivity contribution in [2.24, 2.45) is 5.92 Å². The molecule has 0 saturated heterocycles. The van der Waals surface area contributed by atoms with Gasteiger partial charge in [0.05, 0.1) is 0 Å². The van der Waals surface area contributed by atoms with Crippen molar-refractivity contribution in [3.05, 3.63) is 5.57 Å². The van der Waals surface area contributed by atoms with Gasteiger partial charge in [0.15, 0.2) is 0 Å². The van der Waals surface area contributed by atoms with E-state index in [1.54, 1.807) is 0 Å². The van der Waals surface area contributed by atoms with Crippen molar-refractivity contribution in [3.63, 3.8) is 0 Å². The zero-order valence-electron chi connectivity index (χ0n) is 4.02. The Kier molecular flexibility index (Phi) is 1.14. The van der Waals surface area contributed by atoms with Crippen LogP contribution < -0.4 is 0 Å². The number of aliphatic hydroxyl groups excluding tert-OH is 1. The van der Waals surface area contributed by atoms with Crippen LogP contribution in [0.25, 0.3) is 0 Å². The van der Waals surface area contributed by atoms with E-state index in [9.17, 15) is 0 Å². The van der Waals surface area contributed by atoms with Crippen molar-refractivity contribution in [2.75, 3.05) is 6.61 Å². The molecule has 1 saturated carbocycles. The molecule has 0 aromatic carbocycles. The average Bonchev–Trinajstić information content (AvgIpc) is 2.43. The summed E-state index contributed by atoms with van der Waals surface area (Å²) in [5.41, 5.74) is 3.57. The molecular formula is C5H6BO. The van der Waals surface area contributed by atoms with E-state index in [2.05, 4.69) is 5.62 Å². The molecule has 0 heterocycles. The summed E-state index contributed by atoms with van der Waals surface area (Å²) in [4.78, 5) is 0. The summed E-state index contributed by atoms with van der Waals surface area (Å²) in [5.74, 6) is 0.352. The Morgan fingerprint density at radius 1 is 2.00 bits per heavy atom. The molecule has 0 aromatic heterocycles. The summed E-state index contributed by atoms with van der Waals surface area (Å²) in [6.45, 7) is 0.236. The monoisotopic (exact) mass is 93.1 g/mol. The Bertz CT molecular complexity index is 124. The number of hydrogen-bond donors (Lipinski definition) is 1. The van der Waals surface area contributed by atoms with Crippen LogP contribution in [-0.4, -0.2) is 24.8 Å². The van der Waals surface area contributed by atoms with Crippen LogP contribution in [0.1, 0.15) is 6.42 Å². The minimum absolute atomic E-state index is 0.236. The van der Waals surface area contributed by atoms with E-state index in [0.29, 0.717) is 5.92 Å². The first-order valence-corrected chi connectivity index (χ1v) is 2.31. The average molecular weight is 92.9 g/mol. The maximum atomic E-state index is 8.39. The summed E-state index contributed by atoms with van der Waals surface area (Å²) in [7, 11) is 5.00. The molecule has 1 aliphatic rings. The first-order chi connectivity index (χ1) is 3.38. The van der Waals surface area contributed by atoms with Crippen LogP contribution in [0, 0.1) is 5.92 Å². The first-order valence-electron chi connectivity index (χ1n) is 2.31. The van der Waals surface area contributed by atoms with E-state index in [-0.39, 0.29) is 6.61 Å². The van der Waals surface area contributed by atoms with E-state index in [1.165, 1.54) is 0 Å². The fourth-order valence-electron chi connectivity index (χ4n) is 0.558. The number of hydrogen-bond acceptors (Lipinski definition) is 1. The van der Waals surface area contributed by atoms with Crippen molar-refractivity contribution in [2.45, 2.75) is 6.42 Å². The molecule has 2 heteroatoms. The molecule has 35 valence electrons. The Hall–Kier alpha value is -0.325. The Morgan fingerprint density at radius 2 is 2.71 bits per heavy atom. The van der Waals surface area contributed by atoms with Crippen LogP contribution >= 0.6 is 0 Å². The van der Waals surface area contributed by atoms with Gasteiger partial charge in [0.25, 0.3) is 0 Å². The third-order valence-electron chi connectivity index (χ3n) is 1.20. The summed E-state index contributed by atoms with van der Waals surface area (Å²) in [5, 5.41) is 8.39. The summed E-state index contributed by atoms with van der Waals surface area (Å²) in [6, 6.07) is 0. The Balaban J connectivity index is 2.45. The Labute approximate surface area is 43.7 Å². The zero-order valence-corrected chi connectivity index (χ0v) is 4.02. The van der Waals surface area contributed by atoms with Gasteiger partial charge in [-0.1, -0.05) is 0 Å². The minimum atomic E-state index is 0.236. The SMILES string of the molecule is [B]=C=C1CC1CO. The van der Waals surface area contributed by atoms with Gasteiger partial charge >= 0.3 is 42.7 Å². The van der Waals surface area contributed by atoms with Gasteiger partial charge in [-0.25, -0.2) is 0 Å². The fourth-order valence-corrected chi connectivity index (χ4v) is 0.558. The molecule has 0 amide bonds. The molecule has 1 atom stereocenters. The van der Waals surface area contributed by atoms with Gasteiger partial charge in [-0.3, -0.25) is 0 Å². The van der Waals surface area contributed by atoms with E-state index in [0.717, 1.165) is 12.0 Å². The van der Waals surface area contributed by atoms with Crippen LogP contribution in [0.4, 0.5) is 0 Å². The van der Waals surface area contributed by atoms with Crippen LogP contribution in [-0.2, 0) is 0 Å². The van der Waals surface area contributed by atoms with Gasteiger partial charge < -0.3 is 0 Å². The van der Waals surface area contributed by atoms with Gasteiger partial charge in [-0.2, -0.15) is 0 Å². The maximum absolute atomic E-state index is 8.39. The van der Waals surface area contributed by atoms with Crippen LogP contribution in [0.15, 0.2) is 5.57 Å². The normalized spacial score (nSPS) is 26.9. The predicted octanol–water partition coefficient (Wildman–Crippen LogP) is -0.505. The molecule has 1 fully saturated rings. The first kappa shape index (κ1) is 4.82. The van der Waals surface area contributed by atoms with Crippen molar-refractivity contribution < 1.29 is 5.11 Å². The molecule has 0 aliphatic heterocycles. The topological polar surface area (TPSA) is 20.2 Å². The molecule has 0 aromatic rings. The molecular weight excluding hydrogens is 86.9 g/mol. The molecule has 1 nitrogen and oxygen atoms in total. The molecule has 0 spiro atoms. The van der Waals surface area contributed by atoms with Gasteiger partial charge in [0.2, 0.25) is 0 Å². The van der Waals surface area contributed by atoms with Crippen LogP contribution in [0.5, 0.6) is 0 Å². The quantitative estimate of drug-likeness (QED) is 0.433. The number of aliphatic hydroxyl groups is 1. The van der Waals surface area contributed by atoms with Gasteiger partial charge in [0, 0.05) is 0 Å². The third-order valence-corrected chi connectivity index (χ3v) is 1.20. The second-order valence-electron chi connectivity index (χ2n) is 1.75. The molecule has 1 N–H and O–H groups in total. The van der Waals surface area contributed by atoms with Gasteiger partial charge in [-0.05, 0) is 0 Å². The summed E-state index contributed by atoms with van der Waals surface area (Å²) < 4.78 is 0. The summed E-state index contributed by atoms with van der Waals surface area (Å²) in [6.07, 6.45) is 0.951. The number of rotatable bonds is 1. The van der Waals surface area contributed by atoms with Crippen molar-refractivity contribution in [3.8, 4) is 0 Å². The van der Waals surface area contributed by atoms with Crippen molar-refractivity contribution in [1.82, 2.24) is 0 Å². The molecule has 1 rings (SSSR count). The Morgan fingerprint density at radius 3 is 2.86 bits per heavy atom. The van der Waals surface area contributed by atoms with Crippen LogP contribution in [0.2, 0.25) is 0 Å². The second kappa shape index (κ2) is 1.65. The summed E-state index contributed by atoms with van der Waals surface area (Å²) >= 11 is 0. The fraction of sp³-hybridized carbons (Fsp3) is 0.600. The standard InChI is InChI=1S/C5H6BO/c6-2-4-1-5(4)3-7/h5,7H,1,3H2. The van der Waals surface area contributed by atoms with E-state index in [4.69, 9.17) is 12.6 Å². The molecule has 1 unspecified atom stereocenters. The van der Waals surface area contributed by atoms with Gasteiger partial charge in [0.1, 0.15) is 0 Å². The van der Waals surface area contributed by atoms with E-state index >= 15 is 0 Å². The van der Waals surface area contributed by atoms with Crippen molar-refractivity contribution >= 4 is 13.1 Å². The zero-order chi connectivity index (χ0) is 5.28. The van der Waals surface area contributed by atoms with E-state index < -0.39 is 0 Å². The molecule has 7 heavy (non-hydrogen) atoms.